The number of aliphatic imine (C=N–C) groups is 1. The van der Waals surface area contributed by atoms with Crippen molar-refractivity contribution in [2.45, 2.75) is 46.2 Å². The fraction of sp³-hybridized carbons (Fsp3) is 0.619. The number of guanidine groups is 1. The lowest BCUT2D eigenvalue weighted by Crippen LogP contribution is -2.41. The molecule has 0 saturated carbocycles. The number of carbonyl (C=O) groups excluding carboxylic acids is 1. The highest BCUT2D eigenvalue weighted by atomic mass is 127. The van der Waals surface area contributed by atoms with E-state index in [-0.39, 0.29) is 35.8 Å². The van der Waals surface area contributed by atoms with Gasteiger partial charge in [-0.2, -0.15) is 0 Å². The summed E-state index contributed by atoms with van der Waals surface area (Å²) in [6, 6.07) is 8.82. The number of amides is 1. The molecule has 158 valence electrons. The number of nitrogens with one attached hydrogen (secondary N) is 3. The lowest BCUT2D eigenvalue weighted by molar-refractivity contribution is -0.123. The van der Waals surface area contributed by atoms with Crippen LogP contribution >= 0.6 is 24.0 Å². The minimum Gasteiger partial charge on any atom is -0.355 e. The van der Waals surface area contributed by atoms with Crippen LogP contribution in [0.2, 0.25) is 0 Å². The average Bonchev–Trinajstić information content (AvgIpc) is 2.69. The SMILES string of the molecule is CN=C(NCCNC(=O)C(C)C)NCc1ccc(CN2CCCCC2)cc1.I. The smallest absolute Gasteiger partial charge is 0.222 e. The summed E-state index contributed by atoms with van der Waals surface area (Å²) in [7, 11) is 1.75. The summed E-state index contributed by atoms with van der Waals surface area (Å²) >= 11 is 0. The van der Waals surface area contributed by atoms with Crippen molar-refractivity contribution in [2.24, 2.45) is 10.9 Å². The molecule has 28 heavy (non-hydrogen) atoms. The van der Waals surface area contributed by atoms with Crippen molar-refractivity contribution in [1.82, 2.24) is 20.9 Å². The number of rotatable bonds is 8. The molecule has 1 fully saturated rings. The molecular formula is C21H36IN5O. The molecule has 1 heterocycles. The van der Waals surface area contributed by atoms with Gasteiger partial charge in [0.05, 0.1) is 0 Å². The molecule has 1 aromatic rings. The molecule has 1 saturated heterocycles. The summed E-state index contributed by atoms with van der Waals surface area (Å²) in [5, 5.41) is 9.42. The lowest BCUT2D eigenvalue weighted by Gasteiger charge is -2.26. The number of halogens is 1. The van der Waals surface area contributed by atoms with Gasteiger partial charge < -0.3 is 16.0 Å². The zero-order valence-electron chi connectivity index (χ0n) is 17.5. The third-order valence-electron chi connectivity index (χ3n) is 4.80. The quantitative estimate of drug-likeness (QED) is 0.222. The molecule has 7 heteroatoms. The number of likely N-dealkylation sites (tertiary alicyclic amines) is 1. The summed E-state index contributed by atoms with van der Waals surface area (Å²) in [6.45, 7) is 9.24. The zero-order valence-corrected chi connectivity index (χ0v) is 19.8. The molecule has 0 unspecified atom stereocenters. The van der Waals surface area contributed by atoms with Crippen LogP contribution in [0, 0.1) is 5.92 Å². The summed E-state index contributed by atoms with van der Waals surface area (Å²) in [5.41, 5.74) is 2.61. The number of nitrogens with zero attached hydrogens (tertiary/aromatic N) is 2. The van der Waals surface area contributed by atoms with Crippen molar-refractivity contribution in [1.29, 1.82) is 0 Å². The van der Waals surface area contributed by atoms with Gasteiger partial charge in [-0.25, -0.2) is 0 Å². The summed E-state index contributed by atoms with van der Waals surface area (Å²) in [6.07, 6.45) is 4.03. The summed E-state index contributed by atoms with van der Waals surface area (Å²) in [5.74, 6) is 0.830. The van der Waals surface area contributed by atoms with E-state index in [9.17, 15) is 4.79 Å². The molecule has 0 spiro atoms. The molecule has 1 aliphatic heterocycles. The Hall–Kier alpha value is -1.35. The third-order valence-corrected chi connectivity index (χ3v) is 4.80. The van der Waals surface area contributed by atoms with Gasteiger partial charge in [-0.1, -0.05) is 44.5 Å². The topological polar surface area (TPSA) is 68.8 Å². The minimum atomic E-state index is 0. The molecule has 2 rings (SSSR count). The van der Waals surface area contributed by atoms with Crippen molar-refractivity contribution in [3.63, 3.8) is 0 Å². The van der Waals surface area contributed by atoms with Gasteiger partial charge in [0, 0.05) is 39.1 Å². The van der Waals surface area contributed by atoms with Crippen LogP contribution < -0.4 is 16.0 Å². The first-order chi connectivity index (χ1) is 13.1. The lowest BCUT2D eigenvalue weighted by atomic mass is 10.1. The predicted octanol–water partition coefficient (Wildman–Crippen LogP) is 2.73. The fourth-order valence-electron chi connectivity index (χ4n) is 3.12. The van der Waals surface area contributed by atoms with Gasteiger partial charge in [-0.15, -0.1) is 24.0 Å². The fourth-order valence-corrected chi connectivity index (χ4v) is 3.12. The largest absolute Gasteiger partial charge is 0.355 e. The summed E-state index contributed by atoms with van der Waals surface area (Å²) in [4.78, 5) is 18.3. The number of piperidine rings is 1. The second kappa shape index (κ2) is 13.8. The Labute approximate surface area is 187 Å². The molecule has 0 atom stereocenters. The zero-order chi connectivity index (χ0) is 19.5. The number of hydrogen-bond acceptors (Lipinski definition) is 3. The standard InChI is InChI=1S/C21H35N5O.HI/c1-17(2)20(27)23-11-12-24-21(22-3)25-15-18-7-9-19(10-8-18)16-26-13-5-4-6-14-26;/h7-10,17H,4-6,11-16H2,1-3H3,(H,23,27)(H2,22,24,25);1H. The van der Waals surface area contributed by atoms with Crippen molar-refractivity contribution in [3.8, 4) is 0 Å². The molecule has 1 aromatic carbocycles. The van der Waals surface area contributed by atoms with Crippen LogP contribution in [0.25, 0.3) is 0 Å². The first-order valence-corrected chi connectivity index (χ1v) is 10.1. The molecule has 0 bridgehead atoms. The van der Waals surface area contributed by atoms with E-state index >= 15 is 0 Å². The van der Waals surface area contributed by atoms with Crippen molar-refractivity contribution >= 4 is 35.8 Å². The Kier molecular flexibility index (Phi) is 12.1. The average molecular weight is 501 g/mol. The van der Waals surface area contributed by atoms with E-state index < -0.39 is 0 Å². The van der Waals surface area contributed by atoms with E-state index in [1.165, 1.54) is 43.5 Å². The molecular weight excluding hydrogens is 465 g/mol. The van der Waals surface area contributed by atoms with E-state index in [1.807, 2.05) is 13.8 Å². The van der Waals surface area contributed by atoms with Gasteiger partial charge in [0.2, 0.25) is 5.91 Å². The Morgan fingerprint density at radius 1 is 1.00 bits per heavy atom. The van der Waals surface area contributed by atoms with Crippen molar-refractivity contribution in [3.05, 3.63) is 35.4 Å². The van der Waals surface area contributed by atoms with Crippen LogP contribution in [0.3, 0.4) is 0 Å². The predicted molar refractivity (Wildman–Crippen MR) is 127 cm³/mol. The molecule has 1 aliphatic rings. The maximum atomic E-state index is 11.5. The molecule has 1 amide bonds. The van der Waals surface area contributed by atoms with Crippen LogP contribution in [0.5, 0.6) is 0 Å². The van der Waals surface area contributed by atoms with Crippen LogP contribution in [0.1, 0.15) is 44.2 Å². The highest BCUT2D eigenvalue weighted by Crippen LogP contribution is 2.13. The number of hydrogen-bond donors (Lipinski definition) is 3. The Morgan fingerprint density at radius 3 is 2.21 bits per heavy atom. The first kappa shape index (κ1) is 24.7. The molecule has 0 aliphatic carbocycles. The van der Waals surface area contributed by atoms with E-state index in [4.69, 9.17) is 0 Å². The molecule has 6 nitrogen and oxygen atoms in total. The maximum absolute atomic E-state index is 11.5. The molecule has 0 radical (unpaired) electrons. The van der Waals surface area contributed by atoms with Crippen molar-refractivity contribution in [2.75, 3.05) is 33.2 Å². The molecule has 3 N–H and O–H groups in total. The van der Waals surface area contributed by atoms with E-state index in [1.54, 1.807) is 7.05 Å². The number of carbonyl (C=O) groups is 1. The van der Waals surface area contributed by atoms with Gasteiger partial charge in [0.1, 0.15) is 0 Å². The van der Waals surface area contributed by atoms with E-state index in [2.05, 4.69) is 50.1 Å². The van der Waals surface area contributed by atoms with Gasteiger partial charge in [-0.05, 0) is 37.1 Å². The maximum Gasteiger partial charge on any atom is 0.222 e. The molecule has 0 aromatic heterocycles. The van der Waals surface area contributed by atoms with Crippen molar-refractivity contribution < 1.29 is 4.79 Å². The highest BCUT2D eigenvalue weighted by molar-refractivity contribution is 14.0. The van der Waals surface area contributed by atoms with Gasteiger partial charge in [0.25, 0.3) is 0 Å². The van der Waals surface area contributed by atoms with Crippen LogP contribution in [-0.2, 0) is 17.9 Å². The van der Waals surface area contributed by atoms with E-state index in [0.29, 0.717) is 13.1 Å². The minimum absolute atomic E-state index is 0. The van der Waals surface area contributed by atoms with Crippen LogP contribution in [0.15, 0.2) is 29.3 Å². The summed E-state index contributed by atoms with van der Waals surface area (Å²) < 4.78 is 0. The Balaban J connectivity index is 0.00000392. The second-order valence-corrected chi connectivity index (χ2v) is 7.45. The van der Waals surface area contributed by atoms with Crippen LogP contribution in [-0.4, -0.2) is 50.0 Å². The Bertz CT molecular complexity index is 597. The van der Waals surface area contributed by atoms with E-state index in [0.717, 1.165) is 19.0 Å². The van der Waals surface area contributed by atoms with Gasteiger partial charge >= 0.3 is 0 Å². The normalized spacial score (nSPS) is 15.1. The highest BCUT2D eigenvalue weighted by Gasteiger charge is 2.10. The third kappa shape index (κ3) is 9.23. The number of benzene rings is 1. The monoisotopic (exact) mass is 501 g/mol. The second-order valence-electron chi connectivity index (χ2n) is 7.45. The first-order valence-electron chi connectivity index (χ1n) is 10.1. The van der Waals surface area contributed by atoms with Gasteiger partial charge in [-0.3, -0.25) is 14.7 Å². The van der Waals surface area contributed by atoms with Gasteiger partial charge in [0.15, 0.2) is 5.96 Å². The Morgan fingerprint density at radius 2 is 1.61 bits per heavy atom. The van der Waals surface area contributed by atoms with Crippen LogP contribution in [0.4, 0.5) is 0 Å².